The first-order chi connectivity index (χ1) is 12.4. The molecule has 1 amide bonds. The van der Waals surface area contributed by atoms with Gasteiger partial charge in [0, 0.05) is 25.7 Å². The number of benzene rings is 1. The second-order valence-corrected chi connectivity index (χ2v) is 5.49. The SMILES string of the molecule is Cn1cc(/C=N/NC(=O)c2n[nH]c(=O)c3ccccc23)c(=O)n(C)c1=O. The fraction of sp³-hybridized carbons (Fsp3) is 0.125. The highest BCUT2D eigenvalue weighted by atomic mass is 16.2. The van der Waals surface area contributed by atoms with Gasteiger partial charge in [0.1, 0.15) is 0 Å². The van der Waals surface area contributed by atoms with Gasteiger partial charge in [0.15, 0.2) is 5.69 Å². The molecule has 2 aromatic heterocycles. The van der Waals surface area contributed by atoms with Crippen LogP contribution in [0, 0.1) is 0 Å². The molecule has 0 spiro atoms. The molecule has 2 heterocycles. The molecule has 2 N–H and O–H groups in total. The standard InChI is InChI=1S/C16H14N6O4/c1-21-8-9(15(25)22(2)16(21)26)7-17-19-14(24)12-10-5-3-4-6-11(10)13(23)20-18-12/h3-8H,1-2H3,(H,19,24)(H,20,23)/b17-7+. The van der Waals surface area contributed by atoms with Crippen LogP contribution < -0.4 is 22.2 Å². The molecule has 3 aromatic rings. The zero-order valence-corrected chi connectivity index (χ0v) is 13.9. The Kier molecular flexibility index (Phi) is 4.31. The van der Waals surface area contributed by atoms with Gasteiger partial charge in [-0.05, 0) is 6.07 Å². The highest BCUT2D eigenvalue weighted by Crippen LogP contribution is 2.11. The zero-order valence-electron chi connectivity index (χ0n) is 13.9. The number of aromatic amines is 1. The van der Waals surface area contributed by atoms with E-state index in [2.05, 4.69) is 20.7 Å². The molecule has 0 saturated carbocycles. The van der Waals surface area contributed by atoms with Crippen molar-refractivity contribution in [3.63, 3.8) is 0 Å². The second-order valence-electron chi connectivity index (χ2n) is 5.49. The van der Waals surface area contributed by atoms with Gasteiger partial charge in [-0.2, -0.15) is 10.2 Å². The number of amides is 1. The predicted octanol–water partition coefficient (Wildman–Crippen LogP) is -0.916. The summed E-state index contributed by atoms with van der Waals surface area (Å²) < 4.78 is 2.15. The van der Waals surface area contributed by atoms with E-state index in [4.69, 9.17) is 0 Å². The Balaban J connectivity index is 1.90. The van der Waals surface area contributed by atoms with E-state index >= 15 is 0 Å². The quantitative estimate of drug-likeness (QED) is 0.464. The Hall–Kier alpha value is -3.82. The average molecular weight is 354 g/mol. The number of nitrogens with zero attached hydrogens (tertiary/aromatic N) is 4. The summed E-state index contributed by atoms with van der Waals surface area (Å²) in [5.74, 6) is -0.657. The molecule has 0 aliphatic carbocycles. The molecule has 10 nitrogen and oxygen atoms in total. The lowest BCUT2D eigenvalue weighted by atomic mass is 10.1. The Morgan fingerprint density at radius 2 is 1.88 bits per heavy atom. The third-order valence-electron chi connectivity index (χ3n) is 3.75. The summed E-state index contributed by atoms with van der Waals surface area (Å²) in [5.41, 5.74) is 0.938. The monoisotopic (exact) mass is 354 g/mol. The first kappa shape index (κ1) is 17.0. The molecule has 0 radical (unpaired) electrons. The van der Waals surface area contributed by atoms with Gasteiger partial charge >= 0.3 is 5.69 Å². The van der Waals surface area contributed by atoms with Crippen LogP contribution in [0.3, 0.4) is 0 Å². The van der Waals surface area contributed by atoms with E-state index in [1.807, 2.05) is 0 Å². The lowest BCUT2D eigenvalue weighted by molar-refractivity contribution is 0.0951. The number of H-pyrrole nitrogens is 1. The van der Waals surface area contributed by atoms with E-state index in [1.54, 1.807) is 24.3 Å². The molecule has 26 heavy (non-hydrogen) atoms. The van der Waals surface area contributed by atoms with Gasteiger partial charge in [-0.15, -0.1) is 0 Å². The minimum absolute atomic E-state index is 0.00860. The third kappa shape index (κ3) is 2.95. The van der Waals surface area contributed by atoms with Crippen LogP contribution in [0.2, 0.25) is 0 Å². The largest absolute Gasteiger partial charge is 0.330 e. The van der Waals surface area contributed by atoms with Crippen molar-refractivity contribution in [2.75, 3.05) is 0 Å². The van der Waals surface area contributed by atoms with Crippen LogP contribution in [0.1, 0.15) is 16.1 Å². The van der Waals surface area contributed by atoms with E-state index in [0.717, 1.165) is 10.8 Å². The normalized spacial score (nSPS) is 11.2. The first-order valence-electron chi connectivity index (χ1n) is 7.47. The summed E-state index contributed by atoms with van der Waals surface area (Å²) in [6.07, 6.45) is 2.45. The second kappa shape index (κ2) is 6.59. The van der Waals surface area contributed by atoms with Crippen LogP contribution in [-0.2, 0) is 14.1 Å². The Labute approximate surface area is 145 Å². The molecule has 10 heteroatoms. The van der Waals surface area contributed by atoms with Crippen molar-refractivity contribution in [1.29, 1.82) is 0 Å². The topological polar surface area (TPSA) is 131 Å². The number of hydrogen-bond acceptors (Lipinski definition) is 6. The number of aryl methyl sites for hydroxylation is 1. The molecule has 132 valence electrons. The number of hydrogen-bond donors (Lipinski definition) is 2. The first-order valence-corrected chi connectivity index (χ1v) is 7.47. The highest BCUT2D eigenvalue weighted by Gasteiger charge is 2.13. The van der Waals surface area contributed by atoms with Crippen molar-refractivity contribution in [3.8, 4) is 0 Å². The van der Waals surface area contributed by atoms with Gasteiger partial charge in [-0.3, -0.25) is 19.0 Å². The molecule has 0 aliphatic heterocycles. The predicted molar refractivity (Wildman–Crippen MR) is 94.3 cm³/mol. The van der Waals surface area contributed by atoms with Crippen LogP contribution in [0.4, 0.5) is 0 Å². The maximum absolute atomic E-state index is 12.3. The van der Waals surface area contributed by atoms with Gasteiger partial charge in [-0.25, -0.2) is 15.3 Å². The summed E-state index contributed by atoms with van der Waals surface area (Å²) >= 11 is 0. The molecule has 0 bridgehead atoms. The number of carbonyl (C=O) groups excluding carboxylic acids is 1. The minimum Gasteiger partial charge on any atom is -0.303 e. The van der Waals surface area contributed by atoms with E-state index in [1.165, 1.54) is 24.9 Å². The molecule has 0 atom stereocenters. The fourth-order valence-corrected chi connectivity index (χ4v) is 2.43. The summed E-state index contributed by atoms with van der Waals surface area (Å²) in [6, 6.07) is 6.52. The van der Waals surface area contributed by atoms with Crippen LogP contribution in [-0.4, -0.2) is 31.5 Å². The summed E-state index contributed by atoms with van der Waals surface area (Å²) in [6.45, 7) is 0. The Morgan fingerprint density at radius 1 is 1.19 bits per heavy atom. The average Bonchev–Trinajstić information content (AvgIpc) is 2.64. The molecule has 0 unspecified atom stereocenters. The molecular weight excluding hydrogens is 340 g/mol. The molecular formula is C16H14N6O4. The van der Waals surface area contributed by atoms with Crippen molar-refractivity contribution in [1.82, 2.24) is 24.8 Å². The molecule has 3 rings (SSSR count). The lowest BCUT2D eigenvalue weighted by Gasteiger charge is -2.04. The maximum Gasteiger partial charge on any atom is 0.330 e. The van der Waals surface area contributed by atoms with Crippen molar-refractivity contribution < 1.29 is 4.79 Å². The minimum atomic E-state index is -0.657. The number of carbonyl (C=O) groups is 1. The number of nitrogens with one attached hydrogen (secondary N) is 2. The summed E-state index contributed by atoms with van der Waals surface area (Å²) in [7, 11) is 2.84. The molecule has 0 saturated heterocycles. The van der Waals surface area contributed by atoms with Gasteiger partial charge in [-0.1, -0.05) is 18.2 Å². The summed E-state index contributed by atoms with van der Waals surface area (Å²) in [4.78, 5) is 47.7. The zero-order chi connectivity index (χ0) is 18.8. The van der Waals surface area contributed by atoms with Crippen LogP contribution in [0.5, 0.6) is 0 Å². The number of aromatic nitrogens is 4. The molecule has 0 aliphatic rings. The van der Waals surface area contributed by atoms with E-state index in [9.17, 15) is 19.2 Å². The Morgan fingerprint density at radius 3 is 2.62 bits per heavy atom. The van der Waals surface area contributed by atoms with Gasteiger partial charge in [0.2, 0.25) is 0 Å². The molecule has 1 aromatic carbocycles. The van der Waals surface area contributed by atoms with Crippen LogP contribution >= 0.6 is 0 Å². The van der Waals surface area contributed by atoms with Crippen LogP contribution in [0.15, 0.2) is 49.9 Å². The number of hydrazone groups is 1. The third-order valence-corrected chi connectivity index (χ3v) is 3.75. The highest BCUT2D eigenvalue weighted by molar-refractivity contribution is 6.04. The van der Waals surface area contributed by atoms with Crippen molar-refractivity contribution in [2.24, 2.45) is 19.2 Å². The number of fused-ring (bicyclic) bond motifs is 1. The Bertz CT molecular complexity index is 1220. The smallest absolute Gasteiger partial charge is 0.303 e. The van der Waals surface area contributed by atoms with E-state index in [0.29, 0.717) is 10.8 Å². The van der Waals surface area contributed by atoms with Crippen molar-refractivity contribution >= 4 is 22.9 Å². The van der Waals surface area contributed by atoms with E-state index < -0.39 is 22.7 Å². The number of rotatable bonds is 3. The maximum atomic E-state index is 12.3. The van der Waals surface area contributed by atoms with Gasteiger partial charge in [0.25, 0.3) is 17.0 Å². The van der Waals surface area contributed by atoms with Crippen molar-refractivity contribution in [2.45, 2.75) is 0 Å². The van der Waals surface area contributed by atoms with Crippen LogP contribution in [0.25, 0.3) is 10.8 Å². The fourth-order valence-electron chi connectivity index (χ4n) is 2.43. The lowest BCUT2D eigenvalue weighted by Crippen LogP contribution is -2.38. The van der Waals surface area contributed by atoms with Gasteiger partial charge in [0.05, 0.1) is 17.2 Å². The van der Waals surface area contributed by atoms with Crippen molar-refractivity contribution in [3.05, 3.63) is 72.9 Å². The molecule has 0 fully saturated rings. The van der Waals surface area contributed by atoms with E-state index in [-0.39, 0.29) is 11.3 Å². The van der Waals surface area contributed by atoms with Gasteiger partial charge < -0.3 is 4.57 Å². The summed E-state index contributed by atoms with van der Waals surface area (Å²) in [5, 5.41) is 10.4.